The molecule has 0 aliphatic carbocycles. The lowest BCUT2D eigenvalue weighted by Crippen LogP contribution is -2.36. The van der Waals surface area contributed by atoms with Crippen molar-refractivity contribution in [3.8, 4) is 22.9 Å². The van der Waals surface area contributed by atoms with E-state index in [1.807, 2.05) is 86.3 Å². The summed E-state index contributed by atoms with van der Waals surface area (Å²) in [5.74, 6) is -0.826. The Balaban J connectivity index is 1.49. The van der Waals surface area contributed by atoms with Crippen LogP contribution in [0.3, 0.4) is 0 Å². The second kappa shape index (κ2) is 11.3. The van der Waals surface area contributed by atoms with E-state index in [0.29, 0.717) is 5.56 Å². The number of rotatable bonds is 9. The highest BCUT2D eigenvalue weighted by atomic mass is 16.5. The molecule has 0 spiro atoms. The Kier molecular flexibility index (Phi) is 7.67. The molecule has 1 atom stereocenters. The second-order valence-corrected chi connectivity index (χ2v) is 10.5. The topological polar surface area (TPSA) is 138 Å². The number of esters is 1. The fourth-order valence-electron chi connectivity index (χ4n) is 4.90. The number of aromatic nitrogens is 4. The Morgan fingerprint density at radius 1 is 1.00 bits per heavy atom. The van der Waals surface area contributed by atoms with E-state index < -0.39 is 24.4 Å². The van der Waals surface area contributed by atoms with Crippen LogP contribution in [0.1, 0.15) is 36.5 Å². The van der Waals surface area contributed by atoms with Crippen molar-refractivity contribution in [2.75, 3.05) is 0 Å². The number of ether oxygens (including phenoxy) is 1. The largest absolute Gasteiger partial charge is 0.508 e. The van der Waals surface area contributed by atoms with Crippen molar-refractivity contribution in [2.45, 2.75) is 45.5 Å². The van der Waals surface area contributed by atoms with Crippen molar-refractivity contribution in [1.82, 2.24) is 18.9 Å². The molecule has 5 rings (SSSR count). The second-order valence-electron chi connectivity index (χ2n) is 10.5. The fourth-order valence-corrected chi connectivity index (χ4v) is 4.90. The fraction of sp³-hybridized carbons (Fsp3) is 0.258. The molecule has 0 saturated carbocycles. The summed E-state index contributed by atoms with van der Waals surface area (Å²) >= 11 is 0. The number of phenols is 2. The van der Waals surface area contributed by atoms with Crippen LogP contribution in [0.4, 0.5) is 0 Å². The number of carbonyl (C=O) groups excluding carboxylic acids is 1. The van der Waals surface area contributed by atoms with E-state index in [0.717, 1.165) is 26.7 Å². The van der Waals surface area contributed by atoms with Gasteiger partial charge in [0.25, 0.3) is 0 Å². The maximum absolute atomic E-state index is 13.6. The number of hydrogen-bond acceptors (Lipinski definition) is 7. The summed E-state index contributed by atoms with van der Waals surface area (Å²) in [6.45, 7) is 3.52. The van der Waals surface area contributed by atoms with Gasteiger partial charge in [0.1, 0.15) is 17.5 Å². The van der Waals surface area contributed by atoms with Crippen LogP contribution < -0.4 is 11.4 Å². The Morgan fingerprint density at radius 3 is 2.49 bits per heavy atom. The number of carbonyl (C=O) groups is 1. The number of nitrogens with zero attached hydrogens (tertiary/aromatic N) is 4. The van der Waals surface area contributed by atoms with Crippen molar-refractivity contribution < 1.29 is 19.7 Å². The molecular formula is C31H33N5O5. The first kappa shape index (κ1) is 27.7. The molecule has 1 unspecified atom stereocenters. The lowest BCUT2D eigenvalue weighted by Gasteiger charge is -2.13. The molecule has 2 heterocycles. The van der Waals surface area contributed by atoms with Crippen LogP contribution in [-0.2, 0) is 36.3 Å². The normalized spacial score (nSPS) is 12.2. The van der Waals surface area contributed by atoms with E-state index in [1.165, 1.54) is 10.6 Å². The molecule has 0 fully saturated rings. The van der Waals surface area contributed by atoms with Crippen molar-refractivity contribution >= 4 is 16.9 Å². The number of fused-ring (bicyclic) bond motifs is 1. The molecule has 0 aliphatic heterocycles. The van der Waals surface area contributed by atoms with Gasteiger partial charge in [-0.05, 0) is 58.7 Å². The Labute approximate surface area is 236 Å². The molecule has 0 aliphatic rings. The highest BCUT2D eigenvalue weighted by Gasteiger charge is 2.23. The minimum Gasteiger partial charge on any atom is -0.508 e. The zero-order valence-electron chi connectivity index (χ0n) is 23.2. The summed E-state index contributed by atoms with van der Waals surface area (Å²) < 4.78 is 9.84. The minimum atomic E-state index is -0.915. The number of nitrogens with two attached hydrogens (primary N) is 1. The first-order chi connectivity index (χ1) is 19.6. The maximum atomic E-state index is 13.6. The van der Waals surface area contributed by atoms with Gasteiger partial charge in [-0.25, -0.2) is 4.79 Å². The molecule has 3 aromatic carbocycles. The standard InChI is InChI=1S/C31H33N5O5/c1-19(2)23-15-24(28(38)16-27(23)37)29-33-36(18-41-30(39)25(32)14-20-7-5-4-6-8-20)31(40)35(29)17-21-9-10-26-22(13-21)11-12-34(26)3/h4-13,15-16,19,25,37-38H,14,17-18,32H2,1-3H3. The van der Waals surface area contributed by atoms with Gasteiger partial charge in [-0.15, -0.1) is 5.10 Å². The zero-order chi connectivity index (χ0) is 29.3. The monoisotopic (exact) mass is 555 g/mol. The third-order valence-corrected chi connectivity index (χ3v) is 7.15. The smallest absolute Gasteiger partial charge is 0.349 e. The predicted molar refractivity (Wildman–Crippen MR) is 156 cm³/mol. The van der Waals surface area contributed by atoms with Crippen LogP contribution in [0.2, 0.25) is 0 Å². The SMILES string of the molecule is CC(C)c1cc(-c2nn(COC(=O)C(N)Cc3ccccc3)c(=O)n2Cc2ccc3c(ccn3C)c2)c(O)cc1O. The van der Waals surface area contributed by atoms with E-state index in [4.69, 9.17) is 10.5 Å². The molecule has 10 heteroatoms. The molecular weight excluding hydrogens is 522 g/mol. The summed E-state index contributed by atoms with van der Waals surface area (Å²) in [5, 5.41) is 26.6. The average Bonchev–Trinajstić information content (AvgIpc) is 3.46. The molecule has 0 saturated heterocycles. The van der Waals surface area contributed by atoms with Gasteiger partial charge < -0.3 is 25.3 Å². The summed E-state index contributed by atoms with van der Waals surface area (Å²) in [7, 11) is 1.96. The number of aromatic hydroxyl groups is 2. The average molecular weight is 556 g/mol. The van der Waals surface area contributed by atoms with Gasteiger partial charge in [0, 0.05) is 24.8 Å². The molecule has 10 nitrogen and oxygen atoms in total. The van der Waals surface area contributed by atoms with Gasteiger partial charge >= 0.3 is 11.7 Å². The predicted octanol–water partition coefficient (Wildman–Crippen LogP) is 3.86. The highest BCUT2D eigenvalue weighted by Crippen LogP contribution is 2.37. The first-order valence-corrected chi connectivity index (χ1v) is 13.4. The molecule has 0 radical (unpaired) electrons. The summed E-state index contributed by atoms with van der Waals surface area (Å²) in [5.41, 5.74) is 9.18. The van der Waals surface area contributed by atoms with Crippen LogP contribution in [0.5, 0.6) is 11.5 Å². The summed E-state index contributed by atoms with van der Waals surface area (Å²) in [6, 6.07) is 19.2. The van der Waals surface area contributed by atoms with E-state index in [1.54, 1.807) is 6.07 Å². The molecule has 41 heavy (non-hydrogen) atoms. The van der Waals surface area contributed by atoms with Crippen molar-refractivity contribution in [1.29, 1.82) is 0 Å². The minimum absolute atomic E-state index is 0.0505. The Morgan fingerprint density at radius 2 is 1.76 bits per heavy atom. The summed E-state index contributed by atoms with van der Waals surface area (Å²) in [6.07, 6.45) is 2.25. The van der Waals surface area contributed by atoms with E-state index in [2.05, 4.69) is 5.10 Å². The number of benzene rings is 3. The van der Waals surface area contributed by atoms with Gasteiger partial charge in [0.2, 0.25) is 0 Å². The van der Waals surface area contributed by atoms with Crippen LogP contribution in [0, 0.1) is 0 Å². The number of hydrogen-bond donors (Lipinski definition) is 3. The van der Waals surface area contributed by atoms with Crippen LogP contribution in [-0.4, -0.2) is 41.1 Å². The zero-order valence-corrected chi connectivity index (χ0v) is 23.2. The van der Waals surface area contributed by atoms with Gasteiger partial charge in [0.05, 0.1) is 12.1 Å². The van der Waals surface area contributed by atoms with Crippen LogP contribution in [0.15, 0.2) is 77.7 Å². The van der Waals surface area contributed by atoms with Gasteiger partial charge in [-0.1, -0.05) is 50.2 Å². The molecule has 2 aromatic heterocycles. The van der Waals surface area contributed by atoms with Gasteiger partial charge in [-0.2, -0.15) is 4.68 Å². The quantitative estimate of drug-likeness (QED) is 0.235. The van der Waals surface area contributed by atoms with Gasteiger partial charge in [-0.3, -0.25) is 9.36 Å². The van der Waals surface area contributed by atoms with Crippen molar-refractivity contribution in [3.63, 3.8) is 0 Å². The van der Waals surface area contributed by atoms with Crippen LogP contribution in [0.25, 0.3) is 22.3 Å². The number of aryl methyl sites for hydroxylation is 1. The lowest BCUT2D eigenvalue weighted by molar-refractivity contribution is -0.149. The third-order valence-electron chi connectivity index (χ3n) is 7.15. The van der Waals surface area contributed by atoms with E-state index in [9.17, 15) is 19.8 Å². The molecule has 4 N–H and O–H groups in total. The van der Waals surface area contributed by atoms with Crippen molar-refractivity contribution in [3.05, 3.63) is 100 Å². The Bertz CT molecular complexity index is 1770. The molecule has 212 valence electrons. The van der Waals surface area contributed by atoms with E-state index in [-0.39, 0.29) is 41.8 Å². The maximum Gasteiger partial charge on any atom is 0.349 e. The summed E-state index contributed by atoms with van der Waals surface area (Å²) in [4.78, 5) is 26.3. The Hall–Kier alpha value is -4.83. The molecule has 0 amide bonds. The third kappa shape index (κ3) is 5.73. The molecule has 5 aromatic rings. The lowest BCUT2D eigenvalue weighted by atomic mass is 9.98. The highest BCUT2D eigenvalue weighted by molar-refractivity contribution is 5.81. The van der Waals surface area contributed by atoms with Crippen molar-refractivity contribution in [2.24, 2.45) is 12.8 Å². The molecule has 0 bridgehead atoms. The van der Waals surface area contributed by atoms with E-state index >= 15 is 0 Å². The van der Waals surface area contributed by atoms with Crippen LogP contribution >= 0.6 is 0 Å². The first-order valence-electron chi connectivity index (χ1n) is 13.4. The van der Waals surface area contributed by atoms with Gasteiger partial charge in [0.15, 0.2) is 12.6 Å². The number of phenolic OH excluding ortho intramolecular Hbond substituents is 2.